The van der Waals surface area contributed by atoms with E-state index in [0.29, 0.717) is 0 Å². The van der Waals surface area contributed by atoms with E-state index in [2.05, 4.69) is 4.98 Å². The van der Waals surface area contributed by atoms with E-state index in [1.165, 1.54) is 0 Å². The first-order valence-corrected chi connectivity index (χ1v) is 6.74. The Kier molecular flexibility index (Phi) is 4.41. The molecule has 5 heteroatoms. The fourth-order valence-corrected chi connectivity index (χ4v) is 2.57. The second kappa shape index (κ2) is 6.24. The molecule has 1 aromatic heterocycles. The molecule has 2 aromatic rings. The first-order valence-electron chi connectivity index (χ1n) is 5.76. The lowest BCUT2D eigenvalue weighted by Gasteiger charge is -2.05. The predicted molar refractivity (Wildman–Crippen MR) is 75.9 cm³/mol. The fraction of sp³-hybridized carbons (Fsp3) is 0.143. The van der Waals surface area contributed by atoms with Crippen molar-refractivity contribution in [1.29, 1.82) is 0 Å². The number of aliphatic carboxylic acids is 1. The number of aromatic nitrogens is 2. The van der Waals surface area contributed by atoms with Crippen molar-refractivity contribution in [3.8, 4) is 0 Å². The topological polar surface area (TPSA) is 55.1 Å². The fourth-order valence-electron chi connectivity index (χ4n) is 1.62. The van der Waals surface area contributed by atoms with E-state index >= 15 is 0 Å². The number of carboxylic acid groups (broad SMARTS) is 1. The molecule has 0 aliphatic rings. The zero-order chi connectivity index (χ0) is 13.7. The average Bonchev–Trinajstić information content (AvgIpc) is 2.80. The lowest BCUT2D eigenvalue weighted by molar-refractivity contribution is -0.131. The lowest BCUT2D eigenvalue weighted by atomic mass is 10.1. The summed E-state index contributed by atoms with van der Waals surface area (Å²) in [5, 5.41) is 9.62. The highest BCUT2D eigenvalue weighted by Crippen LogP contribution is 2.23. The summed E-state index contributed by atoms with van der Waals surface area (Å²) in [6, 6.07) is 7.76. The molecule has 0 saturated heterocycles. The third-order valence-corrected chi connectivity index (χ3v) is 3.70. The highest BCUT2D eigenvalue weighted by molar-refractivity contribution is 7.98. The van der Waals surface area contributed by atoms with Gasteiger partial charge < -0.3 is 9.67 Å². The normalized spacial score (nSPS) is 11.0. The van der Waals surface area contributed by atoms with E-state index in [9.17, 15) is 4.79 Å². The van der Waals surface area contributed by atoms with E-state index in [4.69, 9.17) is 5.11 Å². The highest BCUT2D eigenvalue weighted by Gasteiger charge is 2.04. The number of carboxylic acids is 1. The van der Waals surface area contributed by atoms with Gasteiger partial charge in [-0.2, -0.15) is 0 Å². The molecule has 19 heavy (non-hydrogen) atoms. The zero-order valence-corrected chi connectivity index (χ0v) is 11.3. The van der Waals surface area contributed by atoms with Crippen LogP contribution in [0.2, 0.25) is 0 Å². The predicted octanol–water partition coefficient (Wildman–Crippen LogP) is 2.81. The number of hydrogen-bond acceptors (Lipinski definition) is 3. The summed E-state index contributed by atoms with van der Waals surface area (Å²) in [7, 11) is 1.95. The number of thioether (sulfide) groups is 1. The molecular formula is C14H14N2O2S. The van der Waals surface area contributed by atoms with E-state index in [-0.39, 0.29) is 0 Å². The van der Waals surface area contributed by atoms with Crippen LogP contribution in [0.15, 0.2) is 47.9 Å². The molecule has 2 rings (SSSR count). The van der Waals surface area contributed by atoms with Crippen molar-refractivity contribution in [3.63, 3.8) is 0 Å². The van der Waals surface area contributed by atoms with Gasteiger partial charge in [0.05, 0.1) is 0 Å². The smallest absolute Gasteiger partial charge is 0.328 e. The molecule has 0 fully saturated rings. The Balaban J connectivity index is 2.12. The first kappa shape index (κ1) is 13.4. The summed E-state index contributed by atoms with van der Waals surface area (Å²) in [5.74, 6) is -0.183. The molecule has 4 nitrogen and oxygen atoms in total. The number of carbonyl (C=O) groups is 1. The van der Waals surface area contributed by atoms with E-state index in [1.54, 1.807) is 24.0 Å². The molecular weight excluding hydrogens is 260 g/mol. The molecule has 1 N–H and O–H groups in total. The molecule has 0 bridgehead atoms. The Morgan fingerprint density at radius 3 is 2.95 bits per heavy atom. The van der Waals surface area contributed by atoms with Crippen molar-refractivity contribution in [2.45, 2.75) is 10.9 Å². The number of rotatable bonds is 5. The molecule has 0 saturated carbocycles. The SMILES string of the molecule is Cn1ccnc1SCc1ccccc1C=CC(=O)O. The van der Waals surface area contributed by atoms with Gasteiger partial charge in [-0.05, 0) is 17.2 Å². The third kappa shape index (κ3) is 3.72. The van der Waals surface area contributed by atoms with Gasteiger partial charge in [0.25, 0.3) is 0 Å². The summed E-state index contributed by atoms with van der Waals surface area (Å²) in [6.07, 6.45) is 6.44. The van der Waals surface area contributed by atoms with Crippen molar-refractivity contribution in [1.82, 2.24) is 9.55 Å². The average molecular weight is 274 g/mol. The van der Waals surface area contributed by atoms with Gasteiger partial charge in [0.15, 0.2) is 5.16 Å². The zero-order valence-electron chi connectivity index (χ0n) is 10.5. The Labute approximate surface area is 115 Å². The van der Waals surface area contributed by atoms with Gasteiger partial charge >= 0.3 is 5.97 Å². The minimum absolute atomic E-state index is 0.755. The van der Waals surface area contributed by atoms with E-state index in [0.717, 1.165) is 28.1 Å². The minimum Gasteiger partial charge on any atom is -0.478 e. The first-order chi connectivity index (χ1) is 9.16. The standard InChI is InChI=1S/C14H14N2O2S/c1-16-9-8-15-14(16)19-10-12-5-3-2-4-11(12)6-7-13(17)18/h2-9H,10H2,1H3,(H,17,18). The lowest BCUT2D eigenvalue weighted by Crippen LogP contribution is -1.92. The summed E-state index contributed by atoms with van der Waals surface area (Å²) < 4.78 is 1.96. The Bertz CT molecular complexity index is 605. The van der Waals surface area contributed by atoms with Gasteiger partial charge in [0, 0.05) is 31.3 Å². The summed E-state index contributed by atoms with van der Waals surface area (Å²) in [4.78, 5) is 14.8. The van der Waals surface area contributed by atoms with Gasteiger partial charge in [0.2, 0.25) is 0 Å². The van der Waals surface area contributed by atoms with Crippen LogP contribution < -0.4 is 0 Å². The van der Waals surface area contributed by atoms with E-state index in [1.807, 2.05) is 42.1 Å². The van der Waals surface area contributed by atoms with Crippen LogP contribution in [0.4, 0.5) is 0 Å². The van der Waals surface area contributed by atoms with Crippen molar-refractivity contribution >= 4 is 23.8 Å². The number of benzene rings is 1. The maximum Gasteiger partial charge on any atom is 0.328 e. The largest absolute Gasteiger partial charge is 0.478 e. The van der Waals surface area contributed by atoms with Crippen molar-refractivity contribution in [3.05, 3.63) is 53.9 Å². The molecule has 0 spiro atoms. The second-order valence-corrected chi connectivity index (χ2v) is 4.92. The molecule has 0 atom stereocenters. The number of aryl methyl sites for hydroxylation is 1. The van der Waals surface area contributed by atoms with Gasteiger partial charge in [-0.1, -0.05) is 36.0 Å². The van der Waals surface area contributed by atoms with Crippen LogP contribution in [0.3, 0.4) is 0 Å². The van der Waals surface area contributed by atoms with Crippen LogP contribution in [-0.2, 0) is 17.6 Å². The minimum atomic E-state index is -0.938. The molecule has 1 heterocycles. The van der Waals surface area contributed by atoms with Gasteiger partial charge in [-0.3, -0.25) is 0 Å². The second-order valence-electron chi connectivity index (χ2n) is 3.98. The Morgan fingerprint density at radius 1 is 1.47 bits per heavy atom. The molecule has 1 aromatic carbocycles. The monoisotopic (exact) mass is 274 g/mol. The van der Waals surface area contributed by atoms with Crippen LogP contribution in [0.1, 0.15) is 11.1 Å². The van der Waals surface area contributed by atoms with Gasteiger partial charge in [0.1, 0.15) is 0 Å². The van der Waals surface area contributed by atoms with Gasteiger partial charge in [-0.25, -0.2) is 9.78 Å². The van der Waals surface area contributed by atoms with Gasteiger partial charge in [-0.15, -0.1) is 0 Å². The maximum atomic E-state index is 10.6. The van der Waals surface area contributed by atoms with Crippen molar-refractivity contribution in [2.75, 3.05) is 0 Å². The summed E-state index contributed by atoms with van der Waals surface area (Å²) >= 11 is 1.63. The molecule has 0 unspecified atom stereocenters. The Morgan fingerprint density at radius 2 is 2.26 bits per heavy atom. The Hall–Kier alpha value is -2.01. The van der Waals surface area contributed by atoms with Crippen LogP contribution in [-0.4, -0.2) is 20.6 Å². The quantitative estimate of drug-likeness (QED) is 0.673. The number of hydrogen-bond donors (Lipinski definition) is 1. The third-order valence-electron chi connectivity index (χ3n) is 2.59. The summed E-state index contributed by atoms with van der Waals surface area (Å²) in [5.41, 5.74) is 2.01. The molecule has 0 aliphatic heterocycles. The van der Waals surface area contributed by atoms with Crippen molar-refractivity contribution < 1.29 is 9.90 Å². The molecule has 0 amide bonds. The molecule has 0 aliphatic carbocycles. The molecule has 98 valence electrons. The van der Waals surface area contributed by atoms with Crippen LogP contribution in [0.25, 0.3) is 6.08 Å². The summed E-state index contributed by atoms with van der Waals surface area (Å²) in [6.45, 7) is 0. The number of imidazole rings is 1. The van der Waals surface area contributed by atoms with Crippen molar-refractivity contribution in [2.24, 2.45) is 7.05 Å². The van der Waals surface area contributed by atoms with Crippen LogP contribution >= 0.6 is 11.8 Å². The van der Waals surface area contributed by atoms with E-state index < -0.39 is 5.97 Å². The molecule has 0 radical (unpaired) electrons. The van der Waals surface area contributed by atoms with Crippen LogP contribution in [0, 0.1) is 0 Å². The van der Waals surface area contributed by atoms with Crippen LogP contribution in [0.5, 0.6) is 0 Å². The highest BCUT2D eigenvalue weighted by atomic mass is 32.2. The number of nitrogens with zero attached hydrogens (tertiary/aromatic N) is 2. The maximum absolute atomic E-state index is 10.6.